The van der Waals surface area contributed by atoms with Gasteiger partial charge in [0, 0.05) is 44.1 Å². The van der Waals surface area contributed by atoms with E-state index in [4.69, 9.17) is 4.74 Å². The van der Waals surface area contributed by atoms with Crippen molar-refractivity contribution in [1.82, 2.24) is 9.47 Å². The van der Waals surface area contributed by atoms with Crippen molar-refractivity contribution in [3.05, 3.63) is 65.5 Å². The summed E-state index contributed by atoms with van der Waals surface area (Å²) in [5.41, 5.74) is 3.67. The minimum Gasteiger partial charge on any atom is -0.461 e. The number of carbonyl (C=O) groups excluding carboxylic acids is 2. The Morgan fingerprint density at radius 3 is 2.34 bits per heavy atom. The van der Waals surface area contributed by atoms with Gasteiger partial charge in [0.1, 0.15) is 5.69 Å². The molecular formula is C23H29N3O3. The topological polar surface area (TPSA) is 54.8 Å². The van der Waals surface area contributed by atoms with Crippen molar-refractivity contribution in [2.24, 2.45) is 0 Å². The first-order valence-corrected chi connectivity index (χ1v) is 10.1. The molecule has 29 heavy (non-hydrogen) atoms. The summed E-state index contributed by atoms with van der Waals surface area (Å²) in [6.45, 7) is 12.9. The zero-order valence-corrected chi connectivity index (χ0v) is 17.5. The molecule has 1 amide bonds. The summed E-state index contributed by atoms with van der Waals surface area (Å²) in [5.74, 6) is -0.427. The van der Waals surface area contributed by atoms with Crippen LogP contribution in [0, 0.1) is 13.8 Å². The number of aromatic nitrogens is 1. The molecule has 2 aromatic rings. The van der Waals surface area contributed by atoms with Crippen molar-refractivity contribution in [3.8, 4) is 0 Å². The number of anilines is 1. The van der Waals surface area contributed by atoms with Crippen molar-refractivity contribution < 1.29 is 14.3 Å². The fourth-order valence-electron chi connectivity index (χ4n) is 3.99. The number of carbonyl (C=O) groups is 2. The summed E-state index contributed by atoms with van der Waals surface area (Å²) >= 11 is 0. The van der Waals surface area contributed by atoms with Crippen LogP contribution in [0.4, 0.5) is 5.69 Å². The standard InChI is InChI=1S/C23H29N3O3/c1-5-12-26-18(4)20(17(3)21(26)23(28)29-6-2)22(27)25-15-13-24(14-16-25)19-10-8-7-9-11-19/h5,7-11H,1,6,12-16H2,2-4H3. The zero-order chi connectivity index (χ0) is 21.0. The van der Waals surface area contributed by atoms with E-state index in [2.05, 4.69) is 23.6 Å². The highest BCUT2D eigenvalue weighted by Crippen LogP contribution is 2.26. The van der Waals surface area contributed by atoms with Crippen LogP contribution in [-0.4, -0.2) is 54.1 Å². The first kappa shape index (κ1) is 20.7. The molecule has 1 saturated heterocycles. The number of esters is 1. The summed E-state index contributed by atoms with van der Waals surface area (Å²) < 4.78 is 7.05. The number of piperazine rings is 1. The van der Waals surface area contributed by atoms with Crippen molar-refractivity contribution in [2.75, 3.05) is 37.7 Å². The number of allylic oxidation sites excluding steroid dienone is 1. The molecule has 0 unspecified atom stereocenters. The zero-order valence-electron chi connectivity index (χ0n) is 17.5. The van der Waals surface area contributed by atoms with Crippen LogP contribution < -0.4 is 4.90 Å². The predicted molar refractivity (Wildman–Crippen MR) is 115 cm³/mol. The van der Waals surface area contributed by atoms with E-state index in [0.717, 1.165) is 18.8 Å². The number of hydrogen-bond acceptors (Lipinski definition) is 4. The molecule has 2 heterocycles. The van der Waals surface area contributed by atoms with Crippen LogP contribution in [-0.2, 0) is 11.3 Å². The molecule has 3 rings (SSSR count). The number of ether oxygens (including phenoxy) is 1. The van der Waals surface area contributed by atoms with E-state index in [1.165, 1.54) is 5.69 Å². The lowest BCUT2D eigenvalue weighted by molar-refractivity contribution is 0.0513. The molecule has 0 N–H and O–H groups in total. The molecule has 0 radical (unpaired) electrons. The van der Waals surface area contributed by atoms with Gasteiger partial charge in [-0.15, -0.1) is 6.58 Å². The number of rotatable bonds is 6. The SMILES string of the molecule is C=CCn1c(C)c(C(=O)N2CCN(c3ccccc3)CC2)c(C)c1C(=O)OCC. The number of benzene rings is 1. The van der Waals surface area contributed by atoms with E-state index in [0.29, 0.717) is 43.1 Å². The molecule has 154 valence electrons. The Labute approximate surface area is 172 Å². The Morgan fingerprint density at radius 1 is 1.10 bits per heavy atom. The highest BCUT2D eigenvalue weighted by atomic mass is 16.5. The van der Waals surface area contributed by atoms with E-state index >= 15 is 0 Å². The van der Waals surface area contributed by atoms with Gasteiger partial charge in [-0.25, -0.2) is 4.79 Å². The molecule has 1 aromatic carbocycles. The van der Waals surface area contributed by atoms with Crippen LogP contribution in [0.15, 0.2) is 43.0 Å². The molecule has 1 aliphatic rings. The minimum absolute atomic E-state index is 0.0268. The highest BCUT2D eigenvalue weighted by molar-refractivity contribution is 6.01. The van der Waals surface area contributed by atoms with Crippen LogP contribution >= 0.6 is 0 Å². The van der Waals surface area contributed by atoms with Gasteiger partial charge in [0.2, 0.25) is 0 Å². The molecule has 6 heteroatoms. The van der Waals surface area contributed by atoms with Crippen molar-refractivity contribution in [3.63, 3.8) is 0 Å². The van der Waals surface area contributed by atoms with Gasteiger partial charge >= 0.3 is 5.97 Å². The Hall–Kier alpha value is -3.02. The lowest BCUT2D eigenvalue weighted by Crippen LogP contribution is -2.49. The van der Waals surface area contributed by atoms with Crippen LogP contribution in [0.5, 0.6) is 0 Å². The molecule has 1 aromatic heterocycles. The summed E-state index contributed by atoms with van der Waals surface area (Å²) in [6, 6.07) is 10.2. The first-order chi connectivity index (χ1) is 14.0. The third-order valence-corrected chi connectivity index (χ3v) is 5.45. The predicted octanol–water partition coefficient (Wildman–Crippen LogP) is 3.43. The summed E-state index contributed by atoms with van der Waals surface area (Å²) in [5, 5.41) is 0. The lowest BCUT2D eigenvalue weighted by atomic mass is 10.1. The fraction of sp³-hybridized carbons (Fsp3) is 0.391. The average Bonchev–Trinajstić information content (AvgIpc) is 2.98. The van der Waals surface area contributed by atoms with Crippen LogP contribution in [0.1, 0.15) is 39.0 Å². The van der Waals surface area contributed by atoms with E-state index < -0.39 is 5.97 Å². The van der Waals surface area contributed by atoms with E-state index in [9.17, 15) is 9.59 Å². The summed E-state index contributed by atoms with van der Waals surface area (Å²) in [4.78, 5) is 30.0. The molecule has 0 bridgehead atoms. The van der Waals surface area contributed by atoms with Crippen LogP contribution in [0.2, 0.25) is 0 Å². The smallest absolute Gasteiger partial charge is 0.355 e. The minimum atomic E-state index is -0.400. The molecule has 0 aliphatic carbocycles. The van der Waals surface area contributed by atoms with Gasteiger partial charge in [0.15, 0.2) is 0 Å². The number of nitrogens with zero attached hydrogens (tertiary/aromatic N) is 3. The largest absolute Gasteiger partial charge is 0.461 e. The Balaban J connectivity index is 1.83. The summed E-state index contributed by atoms with van der Waals surface area (Å²) in [7, 11) is 0. The van der Waals surface area contributed by atoms with E-state index in [1.807, 2.05) is 41.5 Å². The number of para-hydroxylation sites is 1. The Bertz CT molecular complexity index is 894. The Morgan fingerprint density at radius 2 is 1.76 bits per heavy atom. The van der Waals surface area contributed by atoms with Crippen molar-refractivity contribution >= 4 is 17.6 Å². The van der Waals surface area contributed by atoms with E-state index in [-0.39, 0.29) is 5.91 Å². The van der Waals surface area contributed by atoms with Gasteiger partial charge in [0.05, 0.1) is 12.2 Å². The normalized spacial score (nSPS) is 14.0. The molecule has 1 fully saturated rings. The van der Waals surface area contributed by atoms with Crippen molar-refractivity contribution in [2.45, 2.75) is 27.3 Å². The second-order valence-corrected chi connectivity index (χ2v) is 7.17. The molecule has 0 saturated carbocycles. The third-order valence-electron chi connectivity index (χ3n) is 5.45. The fourth-order valence-corrected chi connectivity index (χ4v) is 3.99. The number of amides is 1. The average molecular weight is 396 g/mol. The monoisotopic (exact) mass is 395 g/mol. The van der Waals surface area contributed by atoms with Gasteiger partial charge in [-0.1, -0.05) is 24.3 Å². The van der Waals surface area contributed by atoms with E-state index in [1.54, 1.807) is 13.0 Å². The lowest BCUT2D eigenvalue weighted by Gasteiger charge is -2.36. The van der Waals surface area contributed by atoms with Gasteiger partial charge in [-0.05, 0) is 38.5 Å². The molecular weight excluding hydrogens is 366 g/mol. The van der Waals surface area contributed by atoms with Gasteiger partial charge in [-0.3, -0.25) is 4.79 Å². The van der Waals surface area contributed by atoms with Gasteiger partial charge < -0.3 is 19.1 Å². The second kappa shape index (κ2) is 8.99. The van der Waals surface area contributed by atoms with Crippen LogP contribution in [0.25, 0.3) is 0 Å². The highest BCUT2D eigenvalue weighted by Gasteiger charge is 2.30. The molecule has 6 nitrogen and oxygen atoms in total. The Kier molecular flexibility index (Phi) is 6.42. The first-order valence-electron chi connectivity index (χ1n) is 10.1. The van der Waals surface area contributed by atoms with Gasteiger partial charge in [0.25, 0.3) is 5.91 Å². The third kappa shape index (κ3) is 4.06. The molecule has 1 aliphatic heterocycles. The maximum absolute atomic E-state index is 13.4. The number of hydrogen-bond donors (Lipinski definition) is 0. The maximum atomic E-state index is 13.4. The van der Waals surface area contributed by atoms with Crippen molar-refractivity contribution in [1.29, 1.82) is 0 Å². The maximum Gasteiger partial charge on any atom is 0.355 e. The second-order valence-electron chi connectivity index (χ2n) is 7.17. The molecule has 0 spiro atoms. The summed E-state index contributed by atoms with van der Waals surface area (Å²) in [6.07, 6.45) is 1.72. The van der Waals surface area contributed by atoms with Crippen LogP contribution in [0.3, 0.4) is 0 Å². The molecule has 0 atom stereocenters. The quantitative estimate of drug-likeness (QED) is 0.555. The van der Waals surface area contributed by atoms with Gasteiger partial charge in [-0.2, -0.15) is 0 Å².